The number of aromatic nitrogens is 7. The summed E-state index contributed by atoms with van der Waals surface area (Å²) >= 11 is 6.09. The van der Waals surface area contributed by atoms with Crippen LogP contribution >= 0.6 is 11.6 Å². The van der Waals surface area contributed by atoms with Crippen molar-refractivity contribution in [1.82, 2.24) is 34.7 Å². The quantitative estimate of drug-likeness (QED) is 0.685. The fourth-order valence-electron chi connectivity index (χ4n) is 3.12. The summed E-state index contributed by atoms with van der Waals surface area (Å²) in [6, 6.07) is 0.697. The van der Waals surface area contributed by atoms with Gasteiger partial charge >= 0.3 is 0 Å². The van der Waals surface area contributed by atoms with Crippen LogP contribution in [0.2, 0.25) is 5.02 Å². The van der Waals surface area contributed by atoms with Gasteiger partial charge in [0, 0.05) is 6.54 Å². The summed E-state index contributed by atoms with van der Waals surface area (Å²) in [5.74, 6) is 1.10. The van der Waals surface area contributed by atoms with E-state index in [-0.39, 0.29) is 0 Å². The average Bonchev–Trinajstić information content (AvgIpc) is 3.22. The first-order valence-corrected chi connectivity index (χ1v) is 8.96. The van der Waals surface area contributed by atoms with Crippen LogP contribution in [-0.2, 0) is 0 Å². The largest absolute Gasteiger partial charge is 0.369 e. The smallest absolute Gasteiger partial charge is 0.229 e. The zero-order valence-corrected chi connectivity index (χ0v) is 15.3. The van der Waals surface area contributed by atoms with Gasteiger partial charge in [-0.2, -0.15) is 25.1 Å². The predicted octanol–water partition coefficient (Wildman–Crippen LogP) is 2.98. The van der Waals surface area contributed by atoms with Crippen molar-refractivity contribution < 1.29 is 0 Å². The summed E-state index contributed by atoms with van der Waals surface area (Å²) < 4.78 is 2.05. The highest BCUT2D eigenvalue weighted by molar-refractivity contribution is 6.32. The van der Waals surface area contributed by atoms with Gasteiger partial charge in [0.25, 0.3) is 0 Å². The number of hydrogen-bond acceptors (Lipinski definition) is 7. The predicted molar refractivity (Wildman–Crippen MR) is 98.8 cm³/mol. The van der Waals surface area contributed by atoms with Gasteiger partial charge in [0.05, 0.1) is 48.3 Å². The van der Waals surface area contributed by atoms with Gasteiger partial charge in [-0.1, -0.05) is 11.6 Å². The van der Waals surface area contributed by atoms with E-state index in [4.69, 9.17) is 11.6 Å². The Hall–Kier alpha value is -2.68. The Balaban J connectivity index is 1.46. The third-order valence-corrected chi connectivity index (χ3v) is 4.85. The van der Waals surface area contributed by atoms with Crippen LogP contribution in [0.4, 0.5) is 17.5 Å². The van der Waals surface area contributed by atoms with Crippen LogP contribution in [0, 0.1) is 6.92 Å². The molecule has 3 aromatic heterocycles. The summed E-state index contributed by atoms with van der Waals surface area (Å²) in [5.41, 5.74) is 1.93. The van der Waals surface area contributed by atoms with Crippen molar-refractivity contribution in [3.63, 3.8) is 0 Å². The molecule has 1 saturated carbocycles. The molecule has 0 amide bonds. The van der Waals surface area contributed by atoms with Gasteiger partial charge in [0.2, 0.25) is 5.95 Å². The van der Waals surface area contributed by atoms with Crippen LogP contribution in [0.3, 0.4) is 0 Å². The van der Waals surface area contributed by atoms with Crippen molar-refractivity contribution in [1.29, 1.82) is 0 Å². The van der Waals surface area contributed by atoms with Crippen molar-refractivity contribution >= 4 is 29.1 Å². The molecule has 1 aliphatic carbocycles. The molecule has 0 aliphatic heterocycles. The third kappa shape index (κ3) is 3.10. The Bertz CT molecular complexity index is 883. The number of nitrogens with one attached hydrogen (secondary N) is 2. The Kier molecular flexibility index (Phi) is 4.46. The van der Waals surface area contributed by atoms with Crippen molar-refractivity contribution in [2.45, 2.75) is 38.8 Å². The van der Waals surface area contributed by atoms with Crippen LogP contribution in [0.25, 0.3) is 0 Å². The highest BCUT2D eigenvalue weighted by Crippen LogP contribution is 2.41. The van der Waals surface area contributed by atoms with E-state index < -0.39 is 0 Å². The molecule has 1 fully saturated rings. The highest BCUT2D eigenvalue weighted by atomic mass is 35.5. The maximum absolute atomic E-state index is 6.09. The number of hydrogen-bond donors (Lipinski definition) is 2. The Morgan fingerprint density at radius 3 is 2.65 bits per heavy atom. The first-order chi connectivity index (χ1) is 12.7. The van der Waals surface area contributed by atoms with Gasteiger partial charge in [-0.25, -0.2) is 4.98 Å². The second kappa shape index (κ2) is 6.91. The van der Waals surface area contributed by atoms with Crippen molar-refractivity contribution in [3.05, 3.63) is 35.5 Å². The van der Waals surface area contributed by atoms with Gasteiger partial charge in [-0.3, -0.25) is 4.68 Å². The van der Waals surface area contributed by atoms with Gasteiger partial charge in [0.15, 0.2) is 0 Å². The van der Waals surface area contributed by atoms with E-state index in [0.717, 1.165) is 30.8 Å². The second-order valence-corrected chi connectivity index (χ2v) is 6.67. The zero-order chi connectivity index (χ0) is 18.1. The molecule has 1 aliphatic rings. The van der Waals surface area contributed by atoms with Crippen molar-refractivity contribution in [2.75, 3.05) is 17.2 Å². The first-order valence-electron chi connectivity index (χ1n) is 8.59. The molecular weight excluding hydrogens is 354 g/mol. The van der Waals surface area contributed by atoms with E-state index in [1.165, 1.54) is 0 Å². The van der Waals surface area contributed by atoms with Gasteiger partial charge in [0.1, 0.15) is 10.8 Å². The molecule has 0 saturated heterocycles. The summed E-state index contributed by atoms with van der Waals surface area (Å²) in [6.45, 7) is 4.77. The number of anilines is 3. The lowest BCUT2D eigenvalue weighted by atomic mass is 9.87. The van der Waals surface area contributed by atoms with E-state index in [0.29, 0.717) is 28.9 Å². The topological polar surface area (TPSA) is 98.4 Å². The summed E-state index contributed by atoms with van der Waals surface area (Å²) in [5, 5.41) is 19.8. The van der Waals surface area contributed by atoms with Gasteiger partial charge < -0.3 is 10.6 Å². The minimum absolute atomic E-state index is 0.345. The summed E-state index contributed by atoms with van der Waals surface area (Å²) in [4.78, 5) is 10.4. The normalized spacial score (nSPS) is 19.2. The SMILES string of the molecule is CCNc1nc(Nc2cnn(C3CC(n4nccn4)C3)c2C)ncc1Cl. The molecule has 0 spiro atoms. The molecule has 4 rings (SSSR count). The fraction of sp³-hybridized carbons (Fsp3) is 0.438. The Labute approximate surface area is 155 Å². The second-order valence-electron chi connectivity index (χ2n) is 6.26. The summed E-state index contributed by atoms with van der Waals surface area (Å²) in [7, 11) is 0. The van der Waals surface area contributed by atoms with Crippen molar-refractivity contribution in [2.24, 2.45) is 0 Å². The molecule has 3 aromatic rings. The minimum atomic E-state index is 0.345. The monoisotopic (exact) mass is 373 g/mol. The van der Waals surface area contributed by atoms with E-state index in [9.17, 15) is 0 Å². The highest BCUT2D eigenvalue weighted by Gasteiger charge is 2.34. The van der Waals surface area contributed by atoms with E-state index in [1.807, 2.05) is 18.5 Å². The van der Waals surface area contributed by atoms with E-state index in [1.54, 1.807) is 29.6 Å². The third-order valence-electron chi connectivity index (χ3n) is 4.58. The number of rotatable bonds is 6. The maximum atomic E-state index is 6.09. The molecule has 0 bridgehead atoms. The van der Waals surface area contributed by atoms with Gasteiger partial charge in [-0.05, 0) is 26.7 Å². The minimum Gasteiger partial charge on any atom is -0.369 e. The number of nitrogens with zero attached hydrogens (tertiary/aromatic N) is 7. The molecule has 26 heavy (non-hydrogen) atoms. The molecule has 0 atom stereocenters. The fourth-order valence-corrected chi connectivity index (χ4v) is 3.27. The number of halogens is 1. The first kappa shape index (κ1) is 16.8. The van der Waals surface area contributed by atoms with Crippen LogP contribution in [-0.4, -0.2) is 41.3 Å². The van der Waals surface area contributed by atoms with Crippen molar-refractivity contribution in [3.8, 4) is 0 Å². The van der Waals surface area contributed by atoms with Gasteiger partial charge in [-0.15, -0.1) is 0 Å². The maximum Gasteiger partial charge on any atom is 0.229 e. The lowest BCUT2D eigenvalue weighted by Gasteiger charge is -2.35. The van der Waals surface area contributed by atoms with E-state index in [2.05, 4.69) is 35.9 Å². The molecular formula is C16H20ClN9. The zero-order valence-electron chi connectivity index (χ0n) is 14.6. The van der Waals surface area contributed by atoms with Crippen LogP contribution in [0.1, 0.15) is 37.5 Å². The standard InChI is InChI=1S/C16H20ClN9/c1-3-18-15-13(17)8-19-16(24-15)23-14-9-22-25(10(14)2)11-6-12(7-11)26-20-4-5-21-26/h4-5,8-9,11-12H,3,6-7H2,1-2H3,(H2,18,19,23,24). The van der Waals surface area contributed by atoms with Crippen LogP contribution in [0.5, 0.6) is 0 Å². The summed E-state index contributed by atoms with van der Waals surface area (Å²) in [6.07, 6.45) is 8.75. The molecule has 9 nitrogen and oxygen atoms in total. The Morgan fingerprint density at radius 1 is 1.15 bits per heavy atom. The van der Waals surface area contributed by atoms with E-state index >= 15 is 0 Å². The molecule has 0 unspecified atom stereocenters. The molecule has 10 heteroatoms. The Morgan fingerprint density at radius 2 is 1.92 bits per heavy atom. The molecule has 136 valence electrons. The lowest BCUT2D eigenvalue weighted by Crippen LogP contribution is -2.31. The molecule has 3 heterocycles. The molecule has 2 N–H and O–H groups in total. The van der Waals surface area contributed by atoms with Crippen LogP contribution in [0.15, 0.2) is 24.8 Å². The average molecular weight is 374 g/mol. The van der Waals surface area contributed by atoms with Crippen LogP contribution < -0.4 is 10.6 Å². The molecule has 0 aromatic carbocycles. The lowest BCUT2D eigenvalue weighted by molar-refractivity contribution is 0.158. The molecule has 0 radical (unpaired) electrons.